The first kappa shape index (κ1) is 19.0. The van der Waals surface area contributed by atoms with Crippen molar-refractivity contribution in [1.29, 1.82) is 0 Å². The van der Waals surface area contributed by atoms with Crippen LogP contribution in [0.15, 0.2) is 18.2 Å². The number of piperazine rings is 1. The summed E-state index contributed by atoms with van der Waals surface area (Å²) in [4.78, 5) is 15.4. The summed E-state index contributed by atoms with van der Waals surface area (Å²) in [7, 11) is 0. The Hall–Kier alpha value is -0.740. The molecule has 138 valence electrons. The zero-order chi connectivity index (χ0) is 17.6. The third-order valence-electron chi connectivity index (χ3n) is 4.44. The number of rotatable bonds is 8. The Labute approximate surface area is 161 Å². The molecule has 2 heterocycles. The van der Waals surface area contributed by atoms with Crippen LogP contribution in [-0.4, -0.2) is 68.5 Å². The standard InChI is InChI=1S/C15H21IN3O5P/c16-25-24-8-7-23-15-9-12(19(20)21)1-2-14(15)18-5-3-17(4-6-18)13-10-22-11-13/h1-2,9,13,25H,3-8,10-11H2. The van der Waals surface area contributed by atoms with E-state index in [1.807, 2.05) is 0 Å². The lowest BCUT2D eigenvalue weighted by Gasteiger charge is -2.43. The van der Waals surface area contributed by atoms with Crippen LogP contribution in [0.3, 0.4) is 0 Å². The van der Waals surface area contributed by atoms with Crippen molar-refractivity contribution in [3.05, 3.63) is 28.3 Å². The molecular weight excluding hydrogens is 460 g/mol. The minimum Gasteiger partial charge on any atom is -0.489 e. The van der Waals surface area contributed by atoms with Crippen LogP contribution >= 0.6 is 28.5 Å². The van der Waals surface area contributed by atoms with Gasteiger partial charge in [-0.25, -0.2) is 0 Å². The molecule has 2 aliphatic heterocycles. The number of anilines is 1. The van der Waals surface area contributed by atoms with Gasteiger partial charge in [0.05, 0.1) is 49.0 Å². The molecule has 1 aromatic rings. The molecule has 0 radical (unpaired) electrons. The normalized spacial score (nSPS) is 19.3. The Kier molecular flexibility index (Phi) is 7.06. The van der Waals surface area contributed by atoms with Crippen molar-refractivity contribution in [2.24, 2.45) is 0 Å². The van der Waals surface area contributed by atoms with E-state index < -0.39 is 4.92 Å². The summed E-state index contributed by atoms with van der Waals surface area (Å²) in [6.07, 6.45) is 0. The van der Waals surface area contributed by atoms with Crippen LogP contribution in [0.4, 0.5) is 11.4 Å². The van der Waals surface area contributed by atoms with E-state index in [-0.39, 0.29) is 5.69 Å². The maximum Gasteiger partial charge on any atom is 0.273 e. The van der Waals surface area contributed by atoms with Crippen LogP contribution in [0, 0.1) is 10.1 Å². The fourth-order valence-electron chi connectivity index (χ4n) is 2.99. The Morgan fingerprint density at radius 1 is 1.28 bits per heavy atom. The summed E-state index contributed by atoms with van der Waals surface area (Å²) in [6.45, 7) is 6.54. The third kappa shape index (κ3) is 4.91. The Morgan fingerprint density at radius 3 is 2.64 bits per heavy atom. The SMILES string of the molecule is O=[N+]([O-])c1ccc(N2CCN(C3COC3)CC2)c(OCCOPI)c1. The second-order valence-electron chi connectivity index (χ2n) is 5.90. The number of hydrogen-bond acceptors (Lipinski definition) is 7. The zero-order valence-electron chi connectivity index (χ0n) is 13.7. The highest BCUT2D eigenvalue weighted by Gasteiger charge is 2.29. The fourth-order valence-corrected chi connectivity index (χ4v) is 3.81. The first-order valence-corrected chi connectivity index (χ1v) is 12.2. The molecule has 25 heavy (non-hydrogen) atoms. The number of halogens is 1. The molecule has 10 heteroatoms. The molecule has 0 aromatic heterocycles. The highest BCUT2D eigenvalue weighted by Crippen LogP contribution is 2.33. The maximum atomic E-state index is 11.1. The molecular formula is C15H21IN3O5P. The van der Waals surface area contributed by atoms with Crippen LogP contribution < -0.4 is 9.64 Å². The van der Waals surface area contributed by atoms with Crippen molar-refractivity contribution in [2.75, 3.05) is 57.5 Å². The number of nitrogens with zero attached hydrogens (tertiary/aromatic N) is 3. The predicted octanol–water partition coefficient (Wildman–Crippen LogP) is 2.45. The van der Waals surface area contributed by atoms with E-state index in [2.05, 4.69) is 31.8 Å². The molecule has 2 saturated heterocycles. The average Bonchev–Trinajstić information content (AvgIpc) is 2.58. The highest BCUT2D eigenvalue weighted by atomic mass is 127. The van der Waals surface area contributed by atoms with Gasteiger partial charge in [-0.05, 0) is 28.1 Å². The van der Waals surface area contributed by atoms with Gasteiger partial charge in [0.25, 0.3) is 5.69 Å². The number of nitro benzene ring substituents is 1. The van der Waals surface area contributed by atoms with Gasteiger partial charge in [-0.15, -0.1) is 0 Å². The molecule has 1 unspecified atom stereocenters. The molecule has 1 atom stereocenters. The van der Waals surface area contributed by atoms with Crippen molar-refractivity contribution in [2.45, 2.75) is 6.04 Å². The fraction of sp³-hybridized carbons (Fsp3) is 0.600. The van der Waals surface area contributed by atoms with Gasteiger partial charge in [0.2, 0.25) is 0 Å². The first-order chi connectivity index (χ1) is 12.2. The molecule has 0 saturated carbocycles. The molecule has 2 fully saturated rings. The van der Waals surface area contributed by atoms with Gasteiger partial charge in [0, 0.05) is 32.2 Å². The molecule has 3 rings (SSSR count). The van der Waals surface area contributed by atoms with E-state index in [9.17, 15) is 10.1 Å². The number of non-ortho nitro benzene ring substituents is 1. The number of nitro groups is 1. The highest BCUT2D eigenvalue weighted by molar-refractivity contribution is 14.2. The lowest BCUT2D eigenvalue weighted by molar-refractivity contribution is -0.384. The number of ether oxygens (including phenoxy) is 2. The van der Waals surface area contributed by atoms with Gasteiger partial charge in [0.15, 0.2) is 0 Å². The van der Waals surface area contributed by atoms with Crippen molar-refractivity contribution >= 4 is 39.9 Å². The molecule has 0 N–H and O–H groups in total. The summed E-state index contributed by atoms with van der Waals surface area (Å²) >= 11 is 2.15. The lowest BCUT2D eigenvalue weighted by Crippen LogP contribution is -2.56. The van der Waals surface area contributed by atoms with Crippen molar-refractivity contribution in [3.63, 3.8) is 0 Å². The average molecular weight is 481 g/mol. The van der Waals surface area contributed by atoms with Crippen LogP contribution in [0.25, 0.3) is 0 Å². The summed E-state index contributed by atoms with van der Waals surface area (Å²) < 4.78 is 16.4. The molecule has 2 aliphatic rings. The second kappa shape index (κ2) is 9.27. The van der Waals surface area contributed by atoms with Crippen LogP contribution in [-0.2, 0) is 9.26 Å². The lowest BCUT2D eigenvalue weighted by atomic mass is 10.1. The minimum atomic E-state index is -0.395. The Balaban J connectivity index is 1.67. The van der Waals surface area contributed by atoms with E-state index in [4.69, 9.17) is 14.0 Å². The number of hydrogen-bond donors (Lipinski definition) is 0. The van der Waals surface area contributed by atoms with E-state index in [0.29, 0.717) is 31.5 Å². The summed E-state index contributed by atoms with van der Waals surface area (Å²) in [5, 5.41) is 11.1. The first-order valence-electron chi connectivity index (χ1n) is 8.14. The number of benzene rings is 1. The van der Waals surface area contributed by atoms with Gasteiger partial charge < -0.3 is 18.9 Å². The largest absolute Gasteiger partial charge is 0.489 e. The predicted molar refractivity (Wildman–Crippen MR) is 105 cm³/mol. The maximum absolute atomic E-state index is 11.1. The van der Waals surface area contributed by atoms with Crippen LogP contribution in [0.1, 0.15) is 0 Å². The van der Waals surface area contributed by atoms with E-state index in [1.54, 1.807) is 6.07 Å². The van der Waals surface area contributed by atoms with Gasteiger partial charge >= 0.3 is 0 Å². The zero-order valence-corrected chi connectivity index (χ0v) is 16.9. The van der Waals surface area contributed by atoms with E-state index in [0.717, 1.165) is 45.1 Å². The Bertz CT molecular complexity index is 597. The monoisotopic (exact) mass is 481 g/mol. The van der Waals surface area contributed by atoms with Gasteiger partial charge in [-0.1, -0.05) is 0 Å². The third-order valence-corrected chi connectivity index (χ3v) is 5.69. The van der Waals surface area contributed by atoms with Crippen molar-refractivity contribution < 1.29 is 18.9 Å². The Morgan fingerprint density at radius 2 is 2.04 bits per heavy atom. The van der Waals surface area contributed by atoms with E-state index >= 15 is 0 Å². The quantitative estimate of drug-likeness (QED) is 0.186. The van der Waals surface area contributed by atoms with Crippen molar-refractivity contribution in [1.82, 2.24) is 4.90 Å². The minimum absolute atomic E-state index is 0.0423. The molecule has 0 spiro atoms. The molecule has 0 aliphatic carbocycles. The molecule has 0 amide bonds. The van der Waals surface area contributed by atoms with Gasteiger partial charge in [-0.3, -0.25) is 15.0 Å². The summed E-state index contributed by atoms with van der Waals surface area (Å²) in [5.41, 5.74) is 0.952. The smallest absolute Gasteiger partial charge is 0.273 e. The van der Waals surface area contributed by atoms with Crippen LogP contribution in [0.5, 0.6) is 5.75 Å². The second-order valence-corrected chi connectivity index (χ2v) is 7.66. The molecule has 8 nitrogen and oxygen atoms in total. The van der Waals surface area contributed by atoms with Gasteiger partial charge in [0.1, 0.15) is 12.4 Å². The van der Waals surface area contributed by atoms with E-state index in [1.165, 1.54) is 12.1 Å². The summed E-state index contributed by atoms with van der Waals surface area (Å²) in [5.74, 6) is 0.551. The van der Waals surface area contributed by atoms with Gasteiger partial charge in [-0.2, -0.15) is 0 Å². The summed E-state index contributed by atoms with van der Waals surface area (Å²) in [6, 6.07) is 5.38. The van der Waals surface area contributed by atoms with Crippen molar-refractivity contribution in [3.8, 4) is 5.75 Å². The molecule has 1 aromatic carbocycles. The van der Waals surface area contributed by atoms with Crippen LogP contribution in [0.2, 0.25) is 0 Å². The topological polar surface area (TPSA) is 77.3 Å². The molecule has 0 bridgehead atoms.